The predicted octanol–water partition coefficient (Wildman–Crippen LogP) is 1.09. The van der Waals surface area contributed by atoms with Crippen LogP contribution in [0.3, 0.4) is 0 Å². The van der Waals surface area contributed by atoms with Crippen LogP contribution in [0.15, 0.2) is 10.5 Å². The van der Waals surface area contributed by atoms with Gasteiger partial charge in [0.15, 0.2) is 15.6 Å². The first-order valence-electron chi connectivity index (χ1n) is 6.57. The second-order valence-corrected chi connectivity index (χ2v) is 7.08. The monoisotopic (exact) mass is 317 g/mol. The standard InChI is InChI=1S/C13H19NO6S/c1-4-10-9(13(16)17)6-11(20-10)12(15)14-8(3)7-21(18,19)5-2/h6,8H,4-5,7H2,1-3H3,(H,14,15)(H,16,17). The summed E-state index contributed by atoms with van der Waals surface area (Å²) >= 11 is 0. The molecule has 0 aliphatic carbocycles. The summed E-state index contributed by atoms with van der Waals surface area (Å²) in [7, 11) is -3.21. The molecule has 1 amide bonds. The highest BCUT2D eigenvalue weighted by Crippen LogP contribution is 2.16. The van der Waals surface area contributed by atoms with Crippen molar-refractivity contribution in [3.05, 3.63) is 23.2 Å². The maximum absolute atomic E-state index is 11.9. The highest BCUT2D eigenvalue weighted by molar-refractivity contribution is 7.91. The second-order valence-electron chi connectivity index (χ2n) is 4.68. The molecule has 0 aromatic carbocycles. The zero-order valence-electron chi connectivity index (χ0n) is 12.2. The van der Waals surface area contributed by atoms with Crippen LogP contribution in [0, 0.1) is 0 Å². The Bertz CT molecular complexity index is 631. The smallest absolute Gasteiger partial charge is 0.339 e. The number of carboxylic acid groups (broad SMARTS) is 1. The fraction of sp³-hybridized carbons (Fsp3) is 0.538. The third-order valence-electron chi connectivity index (χ3n) is 2.91. The number of rotatable bonds is 7. The van der Waals surface area contributed by atoms with Crippen molar-refractivity contribution >= 4 is 21.7 Å². The third-order valence-corrected chi connectivity index (χ3v) is 4.79. The number of aromatic carboxylic acids is 1. The zero-order valence-corrected chi connectivity index (χ0v) is 13.0. The van der Waals surface area contributed by atoms with Crippen LogP contribution in [0.5, 0.6) is 0 Å². The molecule has 21 heavy (non-hydrogen) atoms. The van der Waals surface area contributed by atoms with Crippen molar-refractivity contribution in [1.29, 1.82) is 0 Å². The van der Waals surface area contributed by atoms with Gasteiger partial charge in [0.2, 0.25) is 0 Å². The molecule has 0 saturated heterocycles. The van der Waals surface area contributed by atoms with Gasteiger partial charge in [-0.3, -0.25) is 4.79 Å². The van der Waals surface area contributed by atoms with Gasteiger partial charge in [-0.15, -0.1) is 0 Å². The Morgan fingerprint density at radius 1 is 1.38 bits per heavy atom. The Morgan fingerprint density at radius 2 is 2.00 bits per heavy atom. The molecule has 2 N–H and O–H groups in total. The summed E-state index contributed by atoms with van der Waals surface area (Å²) in [6.45, 7) is 4.80. The molecular weight excluding hydrogens is 298 g/mol. The summed E-state index contributed by atoms with van der Waals surface area (Å²) in [6, 6.07) is 0.559. The number of nitrogens with one attached hydrogen (secondary N) is 1. The highest BCUT2D eigenvalue weighted by atomic mass is 32.2. The molecule has 0 aliphatic heterocycles. The normalized spacial score (nSPS) is 12.9. The Hall–Kier alpha value is -1.83. The van der Waals surface area contributed by atoms with Gasteiger partial charge < -0.3 is 14.8 Å². The van der Waals surface area contributed by atoms with Gasteiger partial charge in [-0.2, -0.15) is 0 Å². The summed E-state index contributed by atoms with van der Waals surface area (Å²) < 4.78 is 28.1. The van der Waals surface area contributed by atoms with E-state index in [1.165, 1.54) is 6.92 Å². The topological polar surface area (TPSA) is 114 Å². The number of sulfone groups is 1. The van der Waals surface area contributed by atoms with E-state index in [9.17, 15) is 18.0 Å². The maximum Gasteiger partial charge on any atom is 0.339 e. The lowest BCUT2D eigenvalue weighted by atomic mass is 10.2. The van der Waals surface area contributed by atoms with Crippen molar-refractivity contribution in [3.63, 3.8) is 0 Å². The molecule has 0 radical (unpaired) electrons. The van der Waals surface area contributed by atoms with E-state index >= 15 is 0 Å². The third kappa shape index (κ3) is 4.59. The number of carbonyl (C=O) groups is 2. The van der Waals surface area contributed by atoms with Crippen molar-refractivity contribution in [1.82, 2.24) is 5.32 Å². The molecular formula is C13H19NO6S. The van der Waals surface area contributed by atoms with Gasteiger partial charge >= 0.3 is 5.97 Å². The molecule has 1 aromatic heterocycles. The molecule has 0 spiro atoms. The number of carboxylic acids is 1. The molecule has 118 valence electrons. The molecule has 8 heteroatoms. The van der Waals surface area contributed by atoms with Gasteiger partial charge in [-0.1, -0.05) is 13.8 Å². The fourth-order valence-electron chi connectivity index (χ4n) is 1.82. The van der Waals surface area contributed by atoms with E-state index in [0.717, 1.165) is 6.07 Å². The maximum atomic E-state index is 11.9. The van der Waals surface area contributed by atoms with E-state index in [0.29, 0.717) is 6.42 Å². The largest absolute Gasteiger partial charge is 0.478 e. The first-order chi connectivity index (χ1) is 9.70. The van der Waals surface area contributed by atoms with Crippen LogP contribution in [0.1, 0.15) is 47.4 Å². The minimum atomic E-state index is -3.21. The van der Waals surface area contributed by atoms with Gasteiger partial charge in [0.25, 0.3) is 5.91 Å². The van der Waals surface area contributed by atoms with Crippen molar-refractivity contribution in [3.8, 4) is 0 Å². The lowest BCUT2D eigenvalue weighted by Gasteiger charge is -2.12. The number of amides is 1. The van der Waals surface area contributed by atoms with Gasteiger partial charge in [-0.05, 0) is 6.92 Å². The zero-order chi connectivity index (χ0) is 16.2. The first kappa shape index (κ1) is 17.2. The molecule has 1 aromatic rings. The van der Waals surface area contributed by atoms with E-state index in [1.807, 2.05) is 0 Å². The fourth-order valence-corrected chi connectivity index (χ4v) is 2.90. The Balaban J connectivity index is 2.83. The molecule has 0 bridgehead atoms. The highest BCUT2D eigenvalue weighted by Gasteiger charge is 2.22. The summed E-state index contributed by atoms with van der Waals surface area (Å²) in [5.41, 5.74) is -0.0588. The van der Waals surface area contributed by atoms with Crippen molar-refractivity contribution in [2.45, 2.75) is 33.2 Å². The van der Waals surface area contributed by atoms with Gasteiger partial charge in [-0.25, -0.2) is 13.2 Å². The lowest BCUT2D eigenvalue weighted by molar-refractivity contribution is 0.0694. The lowest BCUT2D eigenvalue weighted by Crippen LogP contribution is -2.37. The Kier molecular flexibility index (Phi) is 5.54. The Morgan fingerprint density at radius 3 is 2.43 bits per heavy atom. The second kappa shape index (κ2) is 6.75. The average molecular weight is 317 g/mol. The predicted molar refractivity (Wildman–Crippen MR) is 76.3 cm³/mol. The average Bonchev–Trinajstić information content (AvgIpc) is 2.82. The van der Waals surface area contributed by atoms with Crippen LogP contribution in [0.4, 0.5) is 0 Å². The van der Waals surface area contributed by atoms with Gasteiger partial charge in [0.05, 0.1) is 5.75 Å². The van der Waals surface area contributed by atoms with Crippen LogP contribution in [-0.2, 0) is 16.3 Å². The number of carbonyl (C=O) groups excluding carboxylic acids is 1. The van der Waals surface area contributed by atoms with E-state index < -0.39 is 27.8 Å². The number of hydrogen-bond acceptors (Lipinski definition) is 5. The first-order valence-corrected chi connectivity index (χ1v) is 8.39. The summed E-state index contributed by atoms with van der Waals surface area (Å²) in [5.74, 6) is -1.90. The van der Waals surface area contributed by atoms with Gasteiger partial charge in [0, 0.05) is 24.3 Å². The van der Waals surface area contributed by atoms with Crippen molar-refractivity contribution in [2.24, 2.45) is 0 Å². The number of aryl methyl sites for hydroxylation is 1. The van der Waals surface area contributed by atoms with Crippen LogP contribution >= 0.6 is 0 Å². The van der Waals surface area contributed by atoms with E-state index in [-0.39, 0.29) is 28.6 Å². The van der Waals surface area contributed by atoms with Crippen LogP contribution in [-0.4, -0.2) is 42.9 Å². The van der Waals surface area contributed by atoms with Crippen LogP contribution < -0.4 is 5.32 Å². The molecule has 0 fully saturated rings. The molecule has 7 nitrogen and oxygen atoms in total. The molecule has 1 atom stereocenters. The summed E-state index contributed by atoms with van der Waals surface area (Å²) in [4.78, 5) is 22.9. The van der Waals surface area contributed by atoms with Crippen molar-refractivity contribution in [2.75, 3.05) is 11.5 Å². The van der Waals surface area contributed by atoms with Crippen LogP contribution in [0.2, 0.25) is 0 Å². The summed E-state index contributed by atoms with van der Waals surface area (Å²) in [5, 5.41) is 11.5. The quantitative estimate of drug-likeness (QED) is 0.778. The minimum absolute atomic E-state index is 0.00287. The van der Waals surface area contributed by atoms with Crippen molar-refractivity contribution < 1.29 is 27.5 Å². The Labute approximate surface area is 123 Å². The van der Waals surface area contributed by atoms with E-state index in [1.54, 1.807) is 13.8 Å². The van der Waals surface area contributed by atoms with E-state index in [4.69, 9.17) is 9.52 Å². The SMILES string of the molecule is CCc1oc(C(=O)NC(C)CS(=O)(=O)CC)cc1C(=O)O. The number of hydrogen-bond donors (Lipinski definition) is 2. The van der Waals surface area contributed by atoms with E-state index in [2.05, 4.69) is 5.32 Å². The molecule has 1 heterocycles. The summed E-state index contributed by atoms with van der Waals surface area (Å²) in [6.07, 6.45) is 0.342. The molecule has 0 aliphatic rings. The van der Waals surface area contributed by atoms with Gasteiger partial charge in [0.1, 0.15) is 11.3 Å². The minimum Gasteiger partial charge on any atom is -0.478 e. The molecule has 1 unspecified atom stereocenters. The number of furan rings is 1. The molecule has 1 rings (SSSR count). The van der Waals surface area contributed by atoms with Crippen LogP contribution in [0.25, 0.3) is 0 Å². The molecule has 0 saturated carbocycles.